The first-order chi connectivity index (χ1) is 14.4. The summed E-state index contributed by atoms with van der Waals surface area (Å²) in [7, 11) is 1.78. The lowest BCUT2D eigenvalue weighted by Gasteiger charge is -2.37. The first-order valence-electron chi connectivity index (χ1n) is 10.4. The lowest BCUT2D eigenvalue weighted by molar-refractivity contribution is -0.168. The van der Waals surface area contributed by atoms with E-state index in [4.69, 9.17) is 8.92 Å². The van der Waals surface area contributed by atoms with Gasteiger partial charge in [0.15, 0.2) is 0 Å². The van der Waals surface area contributed by atoms with Crippen molar-refractivity contribution in [1.82, 2.24) is 13.8 Å². The summed E-state index contributed by atoms with van der Waals surface area (Å²) >= 11 is 0. The molecule has 1 aliphatic heterocycles. The predicted octanol–water partition coefficient (Wildman–Crippen LogP) is 2.05. The van der Waals surface area contributed by atoms with Gasteiger partial charge in [0.05, 0.1) is 17.5 Å². The SMILES string of the molecule is Cc1ccc2c(c1)c(CCN(C)C)cn2S(=O)(=O)OCC(C)(C)C(=O)OC1CN(C)C1. The molecule has 0 aliphatic carbocycles. The van der Waals surface area contributed by atoms with E-state index in [2.05, 4.69) is 4.90 Å². The van der Waals surface area contributed by atoms with Gasteiger partial charge in [0.1, 0.15) is 6.10 Å². The van der Waals surface area contributed by atoms with Gasteiger partial charge in [0.25, 0.3) is 0 Å². The van der Waals surface area contributed by atoms with Gasteiger partial charge in [-0.05, 0) is 66.0 Å². The van der Waals surface area contributed by atoms with Crippen LogP contribution in [-0.2, 0) is 30.4 Å². The third kappa shape index (κ3) is 5.46. The lowest BCUT2D eigenvalue weighted by Crippen LogP contribution is -2.52. The van der Waals surface area contributed by atoms with Gasteiger partial charge < -0.3 is 9.64 Å². The van der Waals surface area contributed by atoms with Crippen LogP contribution in [0, 0.1) is 12.3 Å². The smallest absolute Gasteiger partial charge is 0.366 e. The zero-order valence-corrected chi connectivity index (χ0v) is 20.0. The van der Waals surface area contributed by atoms with E-state index in [1.165, 1.54) is 3.97 Å². The summed E-state index contributed by atoms with van der Waals surface area (Å²) in [4.78, 5) is 16.6. The van der Waals surface area contributed by atoms with E-state index >= 15 is 0 Å². The highest BCUT2D eigenvalue weighted by Crippen LogP contribution is 2.27. The molecule has 3 rings (SSSR count). The van der Waals surface area contributed by atoms with Crippen LogP contribution in [0.15, 0.2) is 24.4 Å². The van der Waals surface area contributed by atoms with Crippen LogP contribution in [0.25, 0.3) is 10.9 Å². The Labute approximate surface area is 185 Å². The Hall–Kier alpha value is -1.94. The van der Waals surface area contributed by atoms with Crippen LogP contribution in [0.4, 0.5) is 0 Å². The first-order valence-corrected chi connectivity index (χ1v) is 11.8. The first kappa shape index (κ1) is 23.7. The molecule has 0 bridgehead atoms. The molecule has 8 nitrogen and oxygen atoms in total. The van der Waals surface area contributed by atoms with Gasteiger partial charge >= 0.3 is 16.3 Å². The number of fused-ring (bicyclic) bond motifs is 1. The molecular weight excluding hydrogens is 418 g/mol. The normalized spacial score (nSPS) is 16.1. The molecule has 1 fully saturated rings. The molecule has 0 radical (unpaired) electrons. The van der Waals surface area contributed by atoms with Crippen LogP contribution in [0.1, 0.15) is 25.0 Å². The number of likely N-dealkylation sites (N-methyl/N-ethyl adjacent to an activating group) is 2. The van der Waals surface area contributed by atoms with Crippen LogP contribution < -0.4 is 0 Å². The largest absolute Gasteiger partial charge is 0.459 e. The molecule has 1 saturated heterocycles. The Balaban J connectivity index is 1.78. The highest BCUT2D eigenvalue weighted by atomic mass is 32.2. The van der Waals surface area contributed by atoms with Gasteiger partial charge in [-0.3, -0.25) is 13.9 Å². The molecular formula is C22H33N3O5S. The van der Waals surface area contributed by atoms with Crippen LogP contribution in [0.2, 0.25) is 0 Å². The number of nitrogens with zero attached hydrogens (tertiary/aromatic N) is 3. The zero-order valence-electron chi connectivity index (χ0n) is 19.2. The predicted molar refractivity (Wildman–Crippen MR) is 120 cm³/mol. The zero-order chi connectivity index (χ0) is 23.0. The highest BCUT2D eigenvalue weighted by molar-refractivity contribution is 7.85. The van der Waals surface area contributed by atoms with Gasteiger partial charge in [-0.2, -0.15) is 8.42 Å². The maximum absolute atomic E-state index is 13.1. The minimum atomic E-state index is -4.13. The standard InChI is InChI=1S/C22H33N3O5S/c1-16-7-8-20-19(11-16)17(9-10-23(4)5)12-25(20)31(27,28)29-15-22(2,3)21(26)30-18-13-24(6)14-18/h7-8,11-12,18H,9-10,13-15H2,1-6H3. The molecule has 0 unspecified atom stereocenters. The number of benzene rings is 1. The number of aryl methyl sites for hydroxylation is 1. The quantitative estimate of drug-likeness (QED) is 0.540. The van der Waals surface area contributed by atoms with Gasteiger partial charge in [-0.15, -0.1) is 0 Å². The molecule has 0 atom stereocenters. The molecule has 31 heavy (non-hydrogen) atoms. The number of likely N-dealkylation sites (tertiary alicyclic amines) is 1. The van der Waals surface area contributed by atoms with E-state index in [-0.39, 0.29) is 12.7 Å². The third-order valence-corrected chi connectivity index (χ3v) is 6.70. The fourth-order valence-electron chi connectivity index (χ4n) is 3.47. The Bertz CT molecular complexity index is 1050. The third-order valence-electron chi connectivity index (χ3n) is 5.50. The molecule has 0 N–H and O–H groups in total. The Morgan fingerprint density at radius 2 is 1.94 bits per heavy atom. The minimum Gasteiger partial charge on any atom is -0.459 e. The van der Waals surface area contributed by atoms with Crippen molar-refractivity contribution >= 4 is 27.2 Å². The Morgan fingerprint density at radius 1 is 1.26 bits per heavy atom. The number of hydrogen-bond acceptors (Lipinski definition) is 7. The van der Waals surface area contributed by atoms with Gasteiger partial charge in [0, 0.05) is 31.2 Å². The number of aromatic nitrogens is 1. The van der Waals surface area contributed by atoms with Crippen molar-refractivity contribution in [2.75, 3.05) is 47.4 Å². The molecule has 9 heteroatoms. The highest BCUT2D eigenvalue weighted by Gasteiger charge is 2.36. The van der Waals surface area contributed by atoms with Crippen molar-refractivity contribution in [1.29, 1.82) is 0 Å². The number of rotatable bonds is 9. The molecule has 0 spiro atoms. The maximum atomic E-state index is 13.1. The minimum absolute atomic E-state index is 0.149. The van der Waals surface area contributed by atoms with Crippen molar-refractivity contribution in [3.63, 3.8) is 0 Å². The molecule has 2 aromatic rings. The van der Waals surface area contributed by atoms with Crippen LogP contribution in [-0.4, -0.2) is 81.6 Å². The average Bonchev–Trinajstić information content (AvgIpc) is 3.02. The van der Waals surface area contributed by atoms with E-state index in [0.29, 0.717) is 25.0 Å². The summed E-state index contributed by atoms with van der Waals surface area (Å²) in [6.45, 7) is 7.11. The van der Waals surface area contributed by atoms with Crippen LogP contribution in [0.5, 0.6) is 0 Å². The second kappa shape index (κ2) is 8.90. The van der Waals surface area contributed by atoms with E-state index in [0.717, 1.165) is 23.1 Å². The molecule has 0 amide bonds. The number of carbonyl (C=O) groups is 1. The number of carbonyl (C=O) groups excluding carboxylic acids is 1. The van der Waals surface area contributed by atoms with E-state index in [9.17, 15) is 13.2 Å². The summed E-state index contributed by atoms with van der Waals surface area (Å²) in [5, 5.41) is 0.891. The van der Waals surface area contributed by atoms with Crippen LogP contribution in [0.3, 0.4) is 0 Å². The summed E-state index contributed by atoms with van der Waals surface area (Å²) in [6.07, 6.45) is 2.19. The topological polar surface area (TPSA) is 81.1 Å². The van der Waals surface area contributed by atoms with Crippen LogP contribution >= 0.6 is 0 Å². The molecule has 1 aromatic carbocycles. The Morgan fingerprint density at radius 3 is 2.55 bits per heavy atom. The number of esters is 1. The fourth-order valence-corrected chi connectivity index (χ4v) is 4.69. The fraction of sp³-hybridized carbons (Fsp3) is 0.591. The lowest BCUT2D eigenvalue weighted by atomic mass is 9.95. The van der Waals surface area contributed by atoms with Crippen molar-refractivity contribution in [2.24, 2.45) is 5.41 Å². The van der Waals surface area contributed by atoms with E-state index in [1.54, 1.807) is 26.1 Å². The van der Waals surface area contributed by atoms with Gasteiger partial charge in [0.2, 0.25) is 0 Å². The van der Waals surface area contributed by atoms with Gasteiger partial charge in [-0.25, -0.2) is 3.97 Å². The number of ether oxygens (including phenoxy) is 1. The molecule has 0 saturated carbocycles. The summed E-state index contributed by atoms with van der Waals surface area (Å²) in [6, 6.07) is 5.65. The molecule has 172 valence electrons. The maximum Gasteiger partial charge on any atom is 0.366 e. The summed E-state index contributed by atoms with van der Waals surface area (Å²) in [5.41, 5.74) is 1.47. The van der Waals surface area contributed by atoms with Crippen molar-refractivity contribution < 1.29 is 22.1 Å². The molecule has 2 heterocycles. The molecule has 1 aliphatic rings. The number of hydrogen-bond donors (Lipinski definition) is 0. The summed E-state index contributed by atoms with van der Waals surface area (Å²) in [5.74, 6) is -0.458. The monoisotopic (exact) mass is 451 g/mol. The summed E-state index contributed by atoms with van der Waals surface area (Å²) < 4.78 is 38.1. The second-order valence-corrected chi connectivity index (χ2v) is 10.9. The van der Waals surface area contributed by atoms with Gasteiger partial charge in [-0.1, -0.05) is 11.6 Å². The average molecular weight is 452 g/mol. The second-order valence-electron chi connectivity index (χ2n) is 9.38. The van der Waals surface area contributed by atoms with Crippen molar-refractivity contribution in [3.8, 4) is 0 Å². The van der Waals surface area contributed by atoms with E-state index < -0.39 is 21.7 Å². The van der Waals surface area contributed by atoms with E-state index in [1.807, 2.05) is 45.1 Å². The van der Waals surface area contributed by atoms with Crippen molar-refractivity contribution in [2.45, 2.75) is 33.3 Å². The van der Waals surface area contributed by atoms with Crippen molar-refractivity contribution in [3.05, 3.63) is 35.5 Å². The Kier molecular flexibility index (Phi) is 6.81. The molecule has 1 aromatic heterocycles.